The smallest absolute Gasteiger partial charge is 0.241 e. The topological polar surface area (TPSA) is 163 Å². The lowest BCUT2D eigenvalue weighted by Gasteiger charge is -2.15. The second-order valence-corrected chi connectivity index (χ2v) is 8.75. The molecule has 2 aromatic carbocycles. The van der Waals surface area contributed by atoms with Gasteiger partial charge in [-0.05, 0) is 42.5 Å². The maximum atomic E-state index is 11.5. The van der Waals surface area contributed by atoms with Crippen LogP contribution in [0.4, 0.5) is 0 Å². The van der Waals surface area contributed by atoms with Crippen molar-refractivity contribution < 1.29 is 29.0 Å². The van der Waals surface area contributed by atoms with Gasteiger partial charge in [0.25, 0.3) is 0 Å². The maximum Gasteiger partial charge on any atom is 0.241 e. The van der Waals surface area contributed by atoms with Gasteiger partial charge in [0.2, 0.25) is 23.6 Å². The fraction of sp³-hybridized carbons (Fsp3) is 0.467. The number of likely N-dealkylation sites (tertiary alicyclic amines) is 1. The molecule has 1 saturated heterocycles. The van der Waals surface area contributed by atoms with Crippen molar-refractivity contribution in [2.45, 2.75) is 46.6 Å². The minimum atomic E-state index is -0.522. The lowest BCUT2D eigenvalue weighted by atomic mass is 10.1. The number of primary amides is 1. The number of nitrogens with one attached hydrogen (secondary N) is 3. The van der Waals surface area contributed by atoms with Crippen LogP contribution in [-0.2, 0) is 36.9 Å². The summed E-state index contributed by atoms with van der Waals surface area (Å²) in [6.45, 7) is 8.34. The molecule has 0 radical (unpaired) electrons. The Morgan fingerprint density at radius 1 is 0.878 bits per heavy atom. The fourth-order valence-electron chi connectivity index (χ4n) is 3.40. The number of nitrogens with zero attached hydrogens (tertiary/aromatic N) is 1. The molecule has 2 aromatic rings. The molecule has 1 aliphatic rings. The summed E-state index contributed by atoms with van der Waals surface area (Å²) in [5.74, 6) is -0.655. The molecular weight excluding hydrogens is 526 g/mol. The Morgan fingerprint density at radius 2 is 1.49 bits per heavy atom. The summed E-state index contributed by atoms with van der Waals surface area (Å²) < 4.78 is 4.93. The second kappa shape index (κ2) is 23.9. The Hall–Kier alpha value is -3.96. The molecule has 11 heteroatoms. The van der Waals surface area contributed by atoms with Crippen LogP contribution in [0.3, 0.4) is 0 Å². The standard InChI is InChI=1S/C10H18N4O3.C10H13NO2.C8H10O.C2H6/c11-8(15)5-12-6-9(16)13-7-10(17)14-3-1-2-4-14;1-8(12)11-7-6-9-2-4-10(13)5-3-9;1-9-7-8-5-3-2-4-6-8;1-2/h12H,1-7H2,(H2,11,15)(H,13,16);2-5,13H,6-7H2,1H3,(H,11,12);2-6H,7H2,1H3;1-2H3. The van der Waals surface area contributed by atoms with Crippen molar-refractivity contribution >= 4 is 23.6 Å². The first kappa shape index (κ1) is 37.0. The van der Waals surface area contributed by atoms with Gasteiger partial charge < -0.3 is 31.1 Å². The summed E-state index contributed by atoms with van der Waals surface area (Å²) in [5.41, 5.74) is 7.22. The van der Waals surface area contributed by atoms with Gasteiger partial charge in [0.1, 0.15) is 5.75 Å². The minimum absolute atomic E-state index is 0.0110. The van der Waals surface area contributed by atoms with Crippen LogP contribution in [0, 0.1) is 0 Å². The highest BCUT2D eigenvalue weighted by Gasteiger charge is 2.17. The molecule has 1 fully saturated rings. The van der Waals surface area contributed by atoms with E-state index in [1.54, 1.807) is 24.1 Å². The van der Waals surface area contributed by atoms with Crippen LogP contribution in [0.1, 0.15) is 44.7 Å². The first-order valence-corrected chi connectivity index (χ1v) is 13.8. The van der Waals surface area contributed by atoms with Crippen molar-refractivity contribution in [3.05, 3.63) is 65.7 Å². The highest BCUT2D eigenvalue weighted by atomic mass is 16.5. The molecule has 1 aliphatic heterocycles. The molecule has 0 saturated carbocycles. The van der Waals surface area contributed by atoms with Gasteiger partial charge in [-0.15, -0.1) is 0 Å². The average Bonchev–Trinajstić information content (AvgIpc) is 3.51. The van der Waals surface area contributed by atoms with Crippen molar-refractivity contribution in [2.75, 3.05) is 46.4 Å². The Balaban J connectivity index is 0.000000592. The van der Waals surface area contributed by atoms with Crippen molar-refractivity contribution in [3.8, 4) is 5.75 Å². The molecule has 228 valence electrons. The summed E-state index contributed by atoms with van der Waals surface area (Å²) >= 11 is 0. The number of rotatable bonds is 11. The van der Waals surface area contributed by atoms with Gasteiger partial charge in [-0.25, -0.2) is 0 Å². The molecule has 0 unspecified atom stereocenters. The Labute approximate surface area is 243 Å². The van der Waals surface area contributed by atoms with E-state index in [1.165, 1.54) is 12.5 Å². The van der Waals surface area contributed by atoms with Crippen molar-refractivity contribution in [2.24, 2.45) is 5.73 Å². The molecule has 0 spiro atoms. The molecule has 0 bridgehead atoms. The first-order valence-electron chi connectivity index (χ1n) is 13.8. The highest BCUT2D eigenvalue weighted by Crippen LogP contribution is 2.09. The molecule has 6 N–H and O–H groups in total. The largest absolute Gasteiger partial charge is 0.508 e. The summed E-state index contributed by atoms with van der Waals surface area (Å²) in [4.78, 5) is 45.5. The zero-order valence-electron chi connectivity index (χ0n) is 24.8. The number of hydrogen-bond acceptors (Lipinski definition) is 7. The van der Waals surface area contributed by atoms with Gasteiger partial charge in [-0.3, -0.25) is 24.5 Å². The molecular formula is C30H47N5O6. The summed E-state index contributed by atoms with van der Waals surface area (Å²) in [6, 6.07) is 17.1. The highest BCUT2D eigenvalue weighted by molar-refractivity contribution is 5.86. The van der Waals surface area contributed by atoms with Gasteiger partial charge in [0.15, 0.2) is 0 Å². The summed E-state index contributed by atoms with van der Waals surface area (Å²) in [5, 5.41) is 16.8. The van der Waals surface area contributed by atoms with Crippen molar-refractivity contribution in [3.63, 3.8) is 0 Å². The molecule has 41 heavy (non-hydrogen) atoms. The van der Waals surface area contributed by atoms with E-state index in [1.807, 2.05) is 56.3 Å². The number of ether oxygens (including phenoxy) is 1. The first-order chi connectivity index (χ1) is 19.7. The van der Waals surface area contributed by atoms with E-state index < -0.39 is 5.91 Å². The Bertz CT molecular complexity index is 996. The van der Waals surface area contributed by atoms with Gasteiger partial charge in [0.05, 0.1) is 26.2 Å². The number of methoxy groups -OCH3 is 1. The number of carbonyl (C=O) groups is 4. The minimum Gasteiger partial charge on any atom is -0.508 e. The van der Waals surface area contributed by atoms with Crippen LogP contribution < -0.4 is 21.7 Å². The third-order valence-corrected chi connectivity index (χ3v) is 5.36. The van der Waals surface area contributed by atoms with E-state index in [-0.39, 0.29) is 43.1 Å². The quantitative estimate of drug-likeness (QED) is 0.273. The second-order valence-electron chi connectivity index (χ2n) is 8.75. The van der Waals surface area contributed by atoms with Crippen LogP contribution >= 0.6 is 0 Å². The third kappa shape index (κ3) is 20.6. The van der Waals surface area contributed by atoms with Crippen LogP contribution in [-0.4, -0.2) is 80.0 Å². The number of carbonyl (C=O) groups excluding carboxylic acids is 4. The molecule has 0 aromatic heterocycles. The SMILES string of the molecule is CC.CC(=O)NCCc1ccc(O)cc1.COCc1ccccc1.NC(=O)CNCC(=O)NCC(=O)N1CCCC1. The summed E-state index contributed by atoms with van der Waals surface area (Å²) in [6.07, 6.45) is 2.85. The molecule has 1 heterocycles. The Morgan fingerprint density at radius 3 is 2.02 bits per heavy atom. The van der Waals surface area contributed by atoms with E-state index in [4.69, 9.17) is 15.6 Å². The summed E-state index contributed by atoms with van der Waals surface area (Å²) in [7, 11) is 1.70. The number of benzene rings is 2. The zero-order valence-corrected chi connectivity index (χ0v) is 24.8. The number of aromatic hydroxyl groups is 1. The molecule has 0 atom stereocenters. The number of phenols is 1. The van der Waals surface area contributed by atoms with Crippen LogP contribution in [0.15, 0.2) is 54.6 Å². The Kier molecular flexibility index (Phi) is 21.6. The predicted molar refractivity (Wildman–Crippen MR) is 160 cm³/mol. The van der Waals surface area contributed by atoms with Gasteiger partial charge in [-0.2, -0.15) is 0 Å². The van der Waals surface area contributed by atoms with E-state index >= 15 is 0 Å². The fourth-order valence-corrected chi connectivity index (χ4v) is 3.40. The monoisotopic (exact) mass is 573 g/mol. The van der Waals surface area contributed by atoms with E-state index in [0.717, 1.165) is 37.9 Å². The molecule has 4 amide bonds. The van der Waals surface area contributed by atoms with Gasteiger partial charge in [-0.1, -0.05) is 56.3 Å². The number of phenolic OH excluding ortho intramolecular Hbond substituents is 1. The van der Waals surface area contributed by atoms with Crippen LogP contribution in [0.2, 0.25) is 0 Å². The number of amides is 4. The molecule has 0 aliphatic carbocycles. The maximum absolute atomic E-state index is 11.5. The molecule has 3 rings (SSSR count). The van der Waals surface area contributed by atoms with Crippen molar-refractivity contribution in [1.29, 1.82) is 0 Å². The van der Waals surface area contributed by atoms with E-state index in [9.17, 15) is 19.2 Å². The zero-order chi connectivity index (χ0) is 30.9. The van der Waals surface area contributed by atoms with E-state index in [0.29, 0.717) is 13.2 Å². The predicted octanol–water partition coefficient (Wildman–Crippen LogP) is 1.73. The normalized spacial score (nSPS) is 11.4. The van der Waals surface area contributed by atoms with E-state index in [2.05, 4.69) is 16.0 Å². The lowest BCUT2D eigenvalue weighted by Crippen LogP contribution is -2.43. The third-order valence-electron chi connectivity index (χ3n) is 5.36. The average molecular weight is 574 g/mol. The molecule has 11 nitrogen and oxygen atoms in total. The lowest BCUT2D eigenvalue weighted by molar-refractivity contribution is -0.131. The van der Waals surface area contributed by atoms with Gasteiger partial charge in [0, 0.05) is 33.7 Å². The van der Waals surface area contributed by atoms with Crippen LogP contribution in [0.25, 0.3) is 0 Å². The van der Waals surface area contributed by atoms with Crippen molar-refractivity contribution in [1.82, 2.24) is 20.9 Å². The number of nitrogens with two attached hydrogens (primary N) is 1. The van der Waals surface area contributed by atoms with Crippen LogP contribution in [0.5, 0.6) is 5.75 Å². The number of hydrogen-bond donors (Lipinski definition) is 5. The van der Waals surface area contributed by atoms with Gasteiger partial charge >= 0.3 is 0 Å².